The van der Waals surface area contributed by atoms with Gasteiger partial charge in [0.2, 0.25) is 5.91 Å². The van der Waals surface area contributed by atoms with Crippen LogP contribution in [0.15, 0.2) is 18.2 Å². The van der Waals surface area contributed by atoms with Crippen molar-refractivity contribution < 1.29 is 14.6 Å². The molecule has 0 atom stereocenters. The molecule has 0 saturated heterocycles. The number of carbonyl (C=O) groups excluding carboxylic acids is 1. The molecule has 0 spiro atoms. The fraction of sp³-hybridized carbons (Fsp3) is 0.588. The van der Waals surface area contributed by atoms with Crippen LogP contribution in [-0.4, -0.2) is 31.3 Å². The lowest BCUT2D eigenvalue weighted by Crippen LogP contribution is -2.43. The molecule has 2 N–H and O–H groups in total. The number of hydrogen-bond acceptors (Lipinski definition) is 3. The Kier molecular flexibility index (Phi) is 5.23. The molecule has 0 unspecified atom stereocenters. The second-order valence-corrected chi connectivity index (χ2v) is 5.81. The molecule has 0 aromatic heterocycles. The highest BCUT2D eigenvalue weighted by atomic mass is 16.5. The third-order valence-electron chi connectivity index (χ3n) is 4.47. The normalized spacial score (nSPS) is 16.7. The zero-order valence-corrected chi connectivity index (χ0v) is 12.9. The molecular formula is C17H25NO3. The van der Waals surface area contributed by atoms with Crippen molar-refractivity contribution in [2.75, 3.05) is 20.3 Å². The maximum absolute atomic E-state index is 12.7. The molecular weight excluding hydrogens is 266 g/mol. The number of nitrogens with one attached hydrogen (secondary N) is 1. The smallest absolute Gasteiger partial charge is 0.230 e. The summed E-state index contributed by atoms with van der Waals surface area (Å²) in [4.78, 5) is 12.7. The van der Waals surface area contributed by atoms with Gasteiger partial charge in [0.05, 0.1) is 12.5 Å². The van der Waals surface area contributed by atoms with Gasteiger partial charge in [0.15, 0.2) is 0 Å². The minimum absolute atomic E-state index is 0.0827. The summed E-state index contributed by atoms with van der Waals surface area (Å²) in [7, 11) is 1.66. The number of ether oxygens (including phenoxy) is 1. The van der Waals surface area contributed by atoms with Crippen LogP contribution in [0.2, 0.25) is 0 Å². The summed E-state index contributed by atoms with van der Waals surface area (Å²) in [5, 5.41) is 11.8. The zero-order valence-electron chi connectivity index (χ0n) is 12.9. The molecule has 0 heterocycles. The van der Waals surface area contributed by atoms with Crippen LogP contribution in [0.3, 0.4) is 0 Å². The van der Waals surface area contributed by atoms with E-state index in [1.807, 2.05) is 19.1 Å². The lowest BCUT2D eigenvalue weighted by molar-refractivity contribution is -0.126. The van der Waals surface area contributed by atoms with Crippen LogP contribution < -0.4 is 10.1 Å². The Labute approximate surface area is 126 Å². The van der Waals surface area contributed by atoms with Crippen LogP contribution in [0.5, 0.6) is 5.75 Å². The number of carbonyl (C=O) groups is 1. The highest BCUT2D eigenvalue weighted by Gasteiger charge is 2.42. The molecule has 1 aromatic rings. The summed E-state index contributed by atoms with van der Waals surface area (Å²) in [6, 6.07) is 6.08. The average molecular weight is 291 g/mol. The van der Waals surface area contributed by atoms with Gasteiger partial charge in [-0.15, -0.1) is 0 Å². The third-order valence-corrected chi connectivity index (χ3v) is 4.47. The SMILES string of the molecule is COc1cc(C2(C(=O)NCCCO)CCCC2)ccc1C. The number of aryl methyl sites for hydroxylation is 1. The first-order chi connectivity index (χ1) is 10.1. The van der Waals surface area contributed by atoms with E-state index in [0.29, 0.717) is 13.0 Å². The van der Waals surface area contributed by atoms with Crippen molar-refractivity contribution in [3.63, 3.8) is 0 Å². The Morgan fingerprint density at radius 1 is 1.38 bits per heavy atom. The maximum Gasteiger partial charge on any atom is 0.230 e. The van der Waals surface area contributed by atoms with Gasteiger partial charge in [-0.2, -0.15) is 0 Å². The lowest BCUT2D eigenvalue weighted by atomic mass is 9.77. The Morgan fingerprint density at radius 3 is 2.71 bits per heavy atom. The molecule has 1 aliphatic rings. The molecule has 0 bridgehead atoms. The minimum Gasteiger partial charge on any atom is -0.496 e. The molecule has 0 radical (unpaired) electrons. The topological polar surface area (TPSA) is 58.6 Å². The molecule has 0 aliphatic heterocycles. The van der Waals surface area contributed by atoms with Gasteiger partial charge in [-0.05, 0) is 43.4 Å². The quantitative estimate of drug-likeness (QED) is 0.791. The number of aliphatic hydroxyl groups excluding tert-OH is 1. The van der Waals surface area contributed by atoms with Gasteiger partial charge in [0.1, 0.15) is 5.75 Å². The fourth-order valence-electron chi connectivity index (χ4n) is 3.19. The summed E-state index contributed by atoms with van der Waals surface area (Å²) in [5.41, 5.74) is 1.69. The lowest BCUT2D eigenvalue weighted by Gasteiger charge is -2.29. The molecule has 1 amide bonds. The van der Waals surface area contributed by atoms with Gasteiger partial charge >= 0.3 is 0 Å². The van der Waals surface area contributed by atoms with Crippen molar-refractivity contribution in [1.29, 1.82) is 0 Å². The van der Waals surface area contributed by atoms with E-state index in [2.05, 4.69) is 11.4 Å². The Balaban J connectivity index is 2.27. The predicted molar refractivity (Wildman–Crippen MR) is 82.6 cm³/mol. The fourth-order valence-corrected chi connectivity index (χ4v) is 3.19. The van der Waals surface area contributed by atoms with E-state index in [1.165, 1.54) is 0 Å². The van der Waals surface area contributed by atoms with Crippen LogP contribution in [-0.2, 0) is 10.2 Å². The molecule has 1 fully saturated rings. The number of aliphatic hydroxyl groups is 1. The molecule has 1 aliphatic carbocycles. The number of methoxy groups -OCH3 is 1. The number of rotatable bonds is 6. The first kappa shape index (κ1) is 15.8. The number of hydrogen-bond donors (Lipinski definition) is 2. The molecule has 4 nitrogen and oxygen atoms in total. The van der Waals surface area contributed by atoms with Gasteiger partial charge in [-0.3, -0.25) is 4.79 Å². The van der Waals surface area contributed by atoms with Gasteiger partial charge in [0.25, 0.3) is 0 Å². The highest BCUT2D eigenvalue weighted by molar-refractivity contribution is 5.88. The first-order valence-corrected chi connectivity index (χ1v) is 7.68. The van der Waals surface area contributed by atoms with Crippen LogP contribution in [0.1, 0.15) is 43.2 Å². The molecule has 21 heavy (non-hydrogen) atoms. The molecule has 1 aromatic carbocycles. The Morgan fingerprint density at radius 2 is 2.10 bits per heavy atom. The average Bonchev–Trinajstić information content (AvgIpc) is 2.98. The van der Waals surface area contributed by atoms with E-state index in [0.717, 1.165) is 42.6 Å². The van der Waals surface area contributed by atoms with Gasteiger partial charge in [-0.25, -0.2) is 0 Å². The van der Waals surface area contributed by atoms with Crippen LogP contribution in [0, 0.1) is 6.92 Å². The van der Waals surface area contributed by atoms with Crippen molar-refractivity contribution in [3.8, 4) is 5.75 Å². The Hall–Kier alpha value is -1.55. The van der Waals surface area contributed by atoms with Crippen molar-refractivity contribution in [1.82, 2.24) is 5.32 Å². The first-order valence-electron chi connectivity index (χ1n) is 7.68. The van der Waals surface area contributed by atoms with Crippen molar-refractivity contribution in [3.05, 3.63) is 29.3 Å². The Bertz CT molecular complexity index is 493. The van der Waals surface area contributed by atoms with E-state index in [4.69, 9.17) is 9.84 Å². The van der Waals surface area contributed by atoms with E-state index in [1.54, 1.807) is 7.11 Å². The van der Waals surface area contributed by atoms with E-state index >= 15 is 0 Å². The summed E-state index contributed by atoms with van der Waals surface area (Å²) >= 11 is 0. The minimum atomic E-state index is -0.434. The molecule has 116 valence electrons. The second-order valence-electron chi connectivity index (χ2n) is 5.81. The summed E-state index contributed by atoms with van der Waals surface area (Å²) < 4.78 is 5.40. The van der Waals surface area contributed by atoms with Gasteiger partial charge < -0.3 is 15.2 Å². The van der Waals surface area contributed by atoms with Crippen LogP contribution in [0.4, 0.5) is 0 Å². The summed E-state index contributed by atoms with van der Waals surface area (Å²) in [6.45, 7) is 2.64. The highest BCUT2D eigenvalue weighted by Crippen LogP contribution is 2.42. The largest absolute Gasteiger partial charge is 0.496 e. The summed E-state index contributed by atoms with van der Waals surface area (Å²) in [5.74, 6) is 0.918. The van der Waals surface area contributed by atoms with Crippen LogP contribution >= 0.6 is 0 Å². The molecule has 4 heteroatoms. The number of benzene rings is 1. The third kappa shape index (κ3) is 3.21. The van der Waals surface area contributed by atoms with Crippen molar-refractivity contribution >= 4 is 5.91 Å². The van der Waals surface area contributed by atoms with Crippen molar-refractivity contribution in [2.45, 2.75) is 44.4 Å². The van der Waals surface area contributed by atoms with E-state index < -0.39 is 5.41 Å². The summed E-state index contributed by atoms with van der Waals surface area (Å²) in [6.07, 6.45) is 4.50. The standard InChI is InChI=1S/C17H25NO3/c1-13-6-7-14(12-15(13)21-2)17(8-3-4-9-17)16(20)18-10-5-11-19/h6-7,12,19H,3-5,8-11H2,1-2H3,(H,18,20). The van der Waals surface area contributed by atoms with Crippen LogP contribution in [0.25, 0.3) is 0 Å². The van der Waals surface area contributed by atoms with E-state index in [9.17, 15) is 4.79 Å². The maximum atomic E-state index is 12.7. The predicted octanol–water partition coefficient (Wildman–Crippen LogP) is 2.31. The van der Waals surface area contributed by atoms with E-state index in [-0.39, 0.29) is 12.5 Å². The zero-order chi connectivity index (χ0) is 15.3. The molecule has 1 saturated carbocycles. The van der Waals surface area contributed by atoms with Gasteiger partial charge in [-0.1, -0.05) is 25.0 Å². The van der Waals surface area contributed by atoms with Crippen molar-refractivity contribution in [2.24, 2.45) is 0 Å². The second kappa shape index (κ2) is 6.94. The number of amides is 1. The monoisotopic (exact) mass is 291 g/mol. The van der Waals surface area contributed by atoms with Gasteiger partial charge in [0, 0.05) is 13.2 Å². The molecule has 2 rings (SSSR count).